The van der Waals surface area contributed by atoms with Crippen LogP contribution < -0.4 is 10.6 Å². The number of hydrogen-bond donors (Lipinski definition) is 1. The van der Waals surface area contributed by atoms with Gasteiger partial charge in [-0.2, -0.15) is 0 Å². The third kappa shape index (κ3) is 1.49. The molecule has 0 saturated carbocycles. The molecular weight excluding hydrogens is 231 g/mol. The van der Waals surface area contributed by atoms with Crippen molar-refractivity contribution in [2.45, 2.75) is 19.4 Å². The molecule has 2 rings (SSSR count). The summed E-state index contributed by atoms with van der Waals surface area (Å²) in [5, 5.41) is 0.343. The van der Waals surface area contributed by atoms with E-state index in [4.69, 9.17) is 17.3 Å². The Morgan fingerprint density at radius 1 is 1.56 bits per heavy atom. The van der Waals surface area contributed by atoms with Gasteiger partial charge in [0.05, 0.1) is 5.69 Å². The van der Waals surface area contributed by atoms with Gasteiger partial charge in [0.2, 0.25) is 5.91 Å². The molecule has 2 N–H and O–H groups in total. The highest BCUT2D eigenvalue weighted by atomic mass is 35.5. The molecule has 0 spiro atoms. The number of nitrogens with zero attached hydrogens (tertiary/aromatic N) is 1. The first kappa shape index (κ1) is 11.4. The first-order chi connectivity index (χ1) is 7.57. The summed E-state index contributed by atoms with van der Waals surface area (Å²) in [4.78, 5) is 13.2. The van der Waals surface area contributed by atoms with E-state index in [0.29, 0.717) is 17.1 Å². The van der Waals surface area contributed by atoms with Crippen molar-refractivity contribution >= 4 is 23.2 Å². The largest absolute Gasteiger partial charge is 0.316 e. The molecular formula is C11H12ClFN2O. The van der Waals surface area contributed by atoms with Gasteiger partial charge >= 0.3 is 0 Å². The Morgan fingerprint density at radius 3 is 2.88 bits per heavy atom. The van der Waals surface area contributed by atoms with Gasteiger partial charge < -0.3 is 10.6 Å². The summed E-state index contributed by atoms with van der Waals surface area (Å²) < 4.78 is 13.7. The van der Waals surface area contributed by atoms with Crippen molar-refractivity contribution in [3.05, 3.63) is 28.5 Å². The van der Waals surface area contributed by atoms with Gasteiger partial charge in [-0.05, 0) is 18.6 Å². The van der Waals surface area contributed by atoms with Crippen LogP contribution in [0.4, 0.5) is 10.1 Å². The predicted molar refractivity (Wildman–Crippen MR) is 61.0 cm³/mol. The molecule has 1 amide bonds. The highest BCUT2D eigenvalue weighted by molar-refractivity contribution is 6.32. The monoisotopic (exact) mass is 242 g/mol. The van der Waals surface area contributed by atoms with Crippen molar-refractivity contribution in [3.8, 4) is 0 Å². The third-order valence-electron chi connectivity index (χ3n) is 2.67. The number of anilines is 1. The number of rotatable bonds is 2. The van der Waals surface area contributed by atoms with Crippen LogP contribution >= 0.6 is 11.6 Å². The Kier molecular flexibility index (Phi) is 2.86. The van der Waals surface area contributed by atoms with Crippen LogP contribution in [0.25, 0.3) is 0 Å². The van der Waals surface area contributed by atoms with Crippen LogP contribution in [-0.4, -0.2) is 12.5 Å². The summed E-state index contributed by atoms with van der Waals surface area (Å²) in [6, 6.07) is 1.85. The van der Waals surface area contributed by atoms with Crippen LogP contribution in [0.3, 0.4) is 0 Å². The molecule has 1 atom stereocenters. The van der Waals surface area contributed by atoms with E-state index in [-0.39, 0.29) is 11.6 Å². The van der Waals surface area contributed by atoms with Crippen molar-refractivity contribution in [1.82, 2.24) is 0 Å². The van der Waals surface area contributed by atoms with Gasteiger partial charge in [-0.15, -0.1) is 0 Å². The van der Waals surface area contributed by atoms with Crippen LogP contribution in [0, 0.1) is 5.82 Å². The summed E-state index contributed by atoms with van der Waals surface area (Å²) in [6.45, 7) is 2.37. The van der Waals surface area contributed by atoms with Crippen LogP contribution in [0.2, 0.25) is 5.02 Å². The molecule has 0 radical (unpaired) electrons. The normalized spacial score (nSPS) is 19.1. The zero-order valence-corrected chi connectivity index (χ0v) is 9.59. The first-order valence-corrected chi connectivity index (χ1v) is 5.50. The van der Waals surface area contributed by atoms with Gasteiger partial charge in [-0.25, -0.2) is 4.39 Å². The minimum absolute atomic E-state index is 0.242. The van der Waals surface area contributed by atoms with Crippen molar-refractivity contribution in [2.75, 3.05) is 11.4 Å². The number of carbonyl (C=O) groups excluding carboxylic acids is 1. The maximum atomic E-state index is 13.7. The van der Waals surface area contributed by atoms with E-state index in [1.807, 2.05) is 6.92 Å². The summed E-state index contributed by atoms with van der Waals surface area (Å²) in [7, 11) is 0. The first-order valence-electron chi connectivity index (χ1n) is 5.12. The second kappa shape index (κ2) is 4.03. The van der Waals surface area contributed by atoms with Crippen LogP contribution in [0.5, 0.6) is 0 Å². The van der Waals surface area contributed by atoms with E-state index in [9.17, 15) is 9.18 Å². The average molecular weight is 243 g/mol. The zero-order chi connectivity index (χ0) is 11.9. The average Bonchev–Trinajstić information content (AvgIpc) is 2.50. The van der Waals surface area contributed by atoms with Crippen LogP contribution in [0.15, 0.2) is 12.1 Å². The Morgan fingerprint density at radius 2 is 2.25 bits per heavy atom. The topological polar surface area (TPSA) is 46.3 Å². The summed E-state index contributed by atoms with van der Waals surface area (Å²) >= 11 is 5.94. The van der Waals surface area contributed by atoms with Crippen molar-refractivity contribution in [3.63, 3.8) is 0 Å². The molecule has 1 heterocycles. The number of fused-ring (bicyclic) bond motifs is 1. The molecule has 3 nitrogen and oxygen atoms in total. The van der Waals surface area contributed by atoms with Crippen LogP contribution in [-0.2, 0) is 4.79 Å². The molecule has 1 unspecified atom stereocenters. The van der Waals surface area contributed by atoms with Crippen LogP contribution in [0.1, 0.15) is 24.9 Å². The molecule has 0 saturated heterocycles. The molecule has 86 valence electrons. The van der Waals surface area contributed by atoms with Crippen molar-refractivity contribution in [2.24, 2.45) is 5.73 Å². The van der Waals surface area contributed by atoms with Crippen molar-refractivity contribution in [1.29, 1.82) is 0 Å². The third-order valence-corrected chi connectivity index (χ3v) is 3.00. The van der Waals surface area contributed by atoms with E-state index in [0.717, 1.165) is 6.42 Å². The second-order valence-corrected chi connectivity index (χ2v) is 4.17. The highest BCUT2D eigenvalue weighted by Gasteiger charge is 2.38. The molecule has 0 aliphatic carbocycles. The molecule has 0 aromatic heterocycles. The molecule has 1 aliphatic rings. The van der Waals surface area contributed by atoms with E-state index < -0.39 is 11.9 Å². The molecule has 1 aliphatic heterocycles. The fraction of sp³-hybridized carbons (Fsp3) is 0.364. The summed E-state index contributed by atoms with van der Waals surface area (Å²) in [6.07, 6.45) is 0.740. The molecule has 0 fully saturated rings. The minimum atomic E-state index is -0.843. The number of nitrogens with two attached hydrogens (primary N) is 1. The Labute approximate surface area is 98.0 Å². The lowest BCUT2D eigenvalue weighted by Crippen LogP contribution is -2.32. The number of carbonyl (C=O) groups is 1. The van der Waals surface area contributed by atoms with Gasteiger partial charge in [0.25, 0.3) is 0 Å². The van der Waals surface area contributed by atoms with Gasteiger partial charge in [0, 0.05) is 17.1 Å². The fourth-order valence-corrected chi connectivity index (χ4v) is 2.24. The van der Waals surface area contributed by atoms with E-state index in [1.165, 1.54) is 17.0 Å². The number of halogens is 2. The quantitative estimate of drug-likeness (QED) is 0.865. The minimum Gasteiger partial charge on any atom is -0.316 e. The highest BCUT2D eigenvalue weighted by Crippen LogP contribution is 2.40. The van der Waals surface area contributed by atoms with Gasteiger partial charge in [0.1, 0.15) is 11.9 Å². The SMILES string of the molecule is CCCN1C(=O)C(N)c2c(Cl)ccc(F)c21. The lowest BCUT2D eigenvalue weighted by Gasteiger charge is -2.16. The Bertz CT molecular complexity index is 450. The maximum absolute atomic E-state index is 13.7. The fourth-order valence-electron chi connectivity index (χ4n) is 1.97. The molecule has 5 heteroatoms. The number of hydrogen-bond acceptors (Lipinski definition) is 2. The Balaban J connectivity index is 2.60. The van der Waals surface area contributed by atoms with E-state index >= 15 is 0 Å². The standard InChI is InChI=1S/C11H12ClFN2O/c1-2-5-15-10-7(13)4-3-6(12)8(10)9(14)11(15)16/h3-4,9H,2,5,14H2,1H3. The molecule has 16 heavy (non-hydrogen) atoms. The summed E-state index contributed by atoms with van der Waals surface area (Å²) in [5.74, 6) is -0.738. The van der Waals surface area contributed by atoms with Gasteiger partial charge in [0.15, 0.2) is 0 Å². The lowest BCUT2D eigenvalue weighted by molar-refractivity contribution is -0.119. The van der Waals surface area contributed by atoms with E-state index in [2.05, 4.69) is 0 Å². The maximum Gasteiger partial charge on any atom is 0.248 e. The van der Waals surface area contributed by atoms with Gasteiger partial charge in [-0.3, -0.25) is 4.79 Å². The predicted octanol–water partition coefficient (Wildman–Crippen LogP) is 2.24. The zero-order valence-electron chi connectivity index (χ0n) is 8.84. The summed E-state index contributed by atoms with van der Waals surface area (Å²) in [5.41, 5.74) is 6.38. The Hall–Kier alpha value is -1.13. The molecule has 0 bridgehead atoms. The second-order valence-electron chi connectivity index (χ2n) is 3.76. The number of benzene rings is 1. The van der Waals surface area contributed by atoms with Crippen molar-refractivity contribution < 1.29 is 9.18 Å². The smallest absolute Gasteiger partial charge is 0.248 e. The molecule has 1 aromatic rings. The molecule has 1 aromatic carbocycles. The lowest BCUT2D eigenvalue weighted by atomic mass is 10.1. The van der Waals surface area contributed by atoms with E-state index in [1.54, 1.807) is 0 Å². The number of amides is 1. The van der Waals surface area contributed by atoms with Gasteiger partial charge in [-0.1, -0.05) is 18.5 Å².